The fraction of sp³-hybridized carbons (Fsp3) is 0.467. The van der Waals surface area contributed by atoms with Crippen LogP contribution in [0, 0.1) is 5.92 Å². The highest BCUT2D eigenvalue weighted by atomic mass is 19.4. The van der Waals surface area contributed by atoms with E-state index in [1.165, 1.54) is 24.3 Å². The van der Waals surface area contributed by atoms with Crippen LogP contribution in [0.3, 0.4) is 0 Å². The van der Waals surface area contributed by atoms with Crippen LogP contribution in [0.4, 0.5) is 13.2 Å². The minimum atomic E-state index is -4.50. The summed E-state index contributed by atoms with van der Waals surface area (Å²) in [6.07, 6.45) is -4.50. The molecular formula is C15H18F3NO5. The predicted octanol–water partition coefficient (Wildman–Crippen LogP) is 2.23. The van der Waals surface area contributed by atoms with Gasteiger partial charge in [0.05, 0.1) is 0 Å². The number of aliphatic carboxylic acids is 1. The summed E-state index contributed by atoms with van der Waals surface area (Å²) in [6, 6.07) is 4.49. The Morgan fingerprint density at radius 2 is 1.71 bits per heavy atom. The molecule has 0 aliphatic heterocycles. The zero-order valence-electron chi connectivity index (χ0n) is 13.1. The highest BCUT2D eigenvalue weighted by molar-refractivity contribution is 5.84. The standard InChI is InChI=1S/C15H18F3NO5/c1-9(2)13(14(21)22)19-12(20)7-23-10-5-3-4-6-11(10)24-8-15(16,17)18/h3-6,9,13H,7-8H2,1-2H3,(H,19,20)(H,21,22). The third kappa shape index (κ3) is 6.76. The first-order valence-corrected chi connectivity index (χ1v) is 7.03. The van der Waals surface area contributed by atoms with Crippen LogP contribution in [0.1, 0.15) is 13.8 Å². The SMILES string of the molecule is CC(C)C(NC(=O)COc1ccccc1OCC(F)(F)F)C(=O)O. The number of alkyl halides is 3. The lowest BCUT2D eigenvalue weighted by Crippen LogP contribution is -2.46. The number of para-hydroxylation sites is 2. The number of carbonyl (C=O) groups excluding carboxylic acids is 1. The van der Waals surface area contributed by atoms with Gasteiger partial charge in [0.2, 0.25) is 0 Å². The molecule has 24 heavy (non-hydrogen) atoms. The van der Waals surface area contributed by atoms with Gasteiger partial charge in [-0.1, -0.05) is 26.0 Å². The van der Waals surface area contributed by atoms with Crippen molar-refractivity contribution >= 4 is 11.9 Å². The highest BCUT2D eigenvalue weighted by Gasteiger charge is 2.29. The van der Waals surface area contributed by atoms with Crippen LogP contribution in [0.15, 0.2) is 24.3 Å². The Kier molecular flexibility index (Phi) is 6.87. The quantitative estimate of drug-likeness (QED) is 0.752. The lowest BCUT2D eigenvalue weighted by molar-refractivity contribution is -0.153. The summed E-state index contributed by atoms with van der Waals surface area (Å²) >= 11 is 0. The van der Waals surface area contributed by atoms with Gasteiger partial charge in [-0.05, 0) is 18.1 Å². The number of hydrogen-bond acceptors (Lipinski definition) is 4. The third-order valence-electron chi connectivity index (χ3n) is 2.85. The van der Waals surface area contributed by atoms with Crippen LogP contribution in [-0.2, 0) is 9.59 Å². The fourth-order valence-electron chi connectivity index (χ4n) is 1.72. The lowest BCUT2D eigenvalue weighted by atomic mass is 10.1. The summed E-state index contributed by atoms with van der Waals surface area (Å²) in [5, 5.41) is 11.3. The van der Waals surface area contributed by atoms with Gasteiger partial charge in [0.15, 0.2) is 24.7 Å². The van der Waals surface area contributed by atoms with Gasteiger partial charge in [0.25, 0.3) is 5.91 Å². The van der Waals surface area contributed by atoms with E-state index in [4.69, 9.17) is 9.84 Å². The molecule has 9 heteroatoms. The number of hydrogen-bond donors (Lipinski definition) is 2. The summed E-state index contributed by atoms with van der Waals surface area (Å²) in [6.45, 7) is 1.21. The van der Waals surface area contributed by atoms with Crippen LogP contribution in [0.2, 0.25) is 0 Å². The molecule has 0 radical (unpaired) electrons. The molecule has 2 N–H and O–H groups in total. The van der Waals surface area contributed by atoms with Crippen molar-refractivity contribution in [3.05, 3.63) is 24.3 Å². The molecule has 0 aromatic heterocycles. The molecule has 6 nitrogen and oxygen atoms in total. The molecule has 0 aliphatic rings. The molecule has 134 valence electrons. The summed E-state index contributed by atoms with van der Waals surface area (Å²) in [7, 11) is 0. The van der Waals surface area contributed by atoms with E-state index in [1.807, 2.05) is 0 Å². The van der Waals surface area contributed by atoms with Gasteiger partial charge >= 0.3 is 12.1 Å². The van der Waals surface area contributed by atoms with E-state index >= 15 is 0 Å². The predicted molar refractivity (Wildman–Crippen MR) is 77.9 cm³/mol. The lowest BCUT2D eigenvalue weighted by Gasteiger charge is -2.18. The molecule has 0 heterocycles. The second kappa shape index (κ2) is 8.42. The average Bonchev–Trinajstić information content (AvgIpc) is 2.47. The van der Waals surface area contributed by atoms with Crippen molar-refractivity contribution in [3.8, 4) is 11.5 Å². The summed E-state index contributed by atoms with van der Waals surface area (Å²) < 4.78 is 46.3. The second-order valence-corrected chi connectivity index (χ2v) is 5.27. The molecule has 1 unspecified atom stereocenters. The molecule has 1 rings (SSSR count). The van der Waals surface area contributed by atoms with Crippen LogP contribution in [0.5, 0.6) is 11.5 Å². The normalized spacial score (nSPS) is 12.6. The minimum Gasteiger partial charge on any atom is -0.480 e. The molecule has 1 atom stereocenters. The van der Waals surface area contributed by atoms with Crippen molar-refractivity contribution in [2.24, 2.45) is 5.92 Å². The molecule has 1 aromatic rings. The van der Waals surface area contributed by atoms with E-state index in [1.54, 1.807) is 13.8 Å². The fourth-order valence-corrected chi connectivity index (χ4v) is 1.72. The maximum Gasteiger partial charge on any atom is 0.422 e. The van der Waals surface area contributed by atoms with Crippen molar-refractivity contribution in [2.45, 2.75) is 26.1 Å². The number of ether oxygens (including phenoxy) is 2. The topological polar surface area (TPSA) is 84.9 Å². The second-order valence-electron chi connectivity index (χ2n) is 5.27. The Hall–Kier alpha value is -2.45. The van der Waals surface area contributed by atoms with E-state index in [9.17, 15) is 22.8 Å². The van der Waals surface area contributed by atoms with Crippen molar-refractivity contribution in [2.75, 3.05) is 13.2 Å². The highest BCUT2D eigenvalue weighted by Crippen LogP contribution is 2.28. The van der Waals surface area contributed by atoms with Gasteiger partial charge in [-0.15, -0.1) is 0 Å². The van der Waals surface area contributed by atoms with Gasteiger partial charge in [-0.25, -0.2) is 4.79 Å². The van der Waals surface area contributed by atoms with E-state index in [0.29, 0.717) is 0 Å². The molecule has 0 spiro atoms. The first kappa shape index (κ1) is 19.6. The van der Waals surface area contributed by atoms with Crippen molar-refractivity contribution < 1.29 is 37.3 Å². The van der Waals surface area contributed by atoms with E-state index in [0.717, 1.165) is 0 Å². The van der Waals surface area contributed by atoms with Gasteiger partial charge in [0.1, 0.15) is 6.04 Å². The number of rotatable bonds is 8. The monoisotopic (exact) mass is 349 g/mol. The van der Waals surface area contributed by atoms with Crippen molar-refractivity contribution in [1.29, 1.82) is 0 Å². The largest absolute Gasteiger partial charge is 0.480 e. The first-order chi connectivity index (χ1) is 11.1. The Balaban J connectivity index is 2.64. The number of benzene rings is 1. The zero-order chi connectivity index (χ0) is 18.3. The molecule has 0 saturated heterocycles. The van der Waals surface area contributed by atoms with Crippen LogP contribution in [-0.4, -0.2) is 42.4 Å². The molecule has 1 amide bonds. The Morgan fingerprint density at radius 3 is 2.17 bits per heavy atom. The van der Waals surface area contributed by atoms with Gasteiger partial charge in [-0.3, -0.25) is 4.79 Å². The molecular weight excluding hydrogens is 331 g/mol. The summed E-state index contributed by atoms with van der Waals surface area (Å²) in [5.41, 5.74) is 0. The van der Waals surface area contributed by atoms with Gasteiger partial charge in [0, 0.05) is 0 Å². The van der Waals surface area contributed by atoms with Crippen molar-refractivity contribution in [3.63, 3.8) is 0 Å². The van der Waals surface area contributed by atoms with Crippen LogP contribution < -0.4 is 14.8 Å². The van der Waals surface area contributed by atoms with Crippen molar-refractivity contribution in [1.82, 2.24) is 5.32 Å². The number of amides is 1. The number of nitrogens with one attached hydrogen (secondary N) is 1. The first-order valence-electron chi connectivity index (χ1n) is 7.03. The van der Waals surface area contributed by atoms with Crippen LogP contribution >= 0.6 is 0 Å². The molecule has 0 aliphatic carbocycles. The number of carbonyl (C=O) groups is 2. The molecule has 0 bridgehead atoms. The number of carboxylic acid groups (broad SMARTS) is 1. The Bertz CT molecular complexity index is 574. The maximum absolute atomic E-state index is 12.2. The Morgan fingerprint density at radius 1 is 1.17 bits per heavy atom. The average molecular weight is 349 g/mol. The maximum atomic E-state index is 12.2. The number of halogens is 3. The number of carboxylic acids is 1. The third-order valence-corrected chi connectivity index (χ3v) is 2.85. The Labute approximate surface area is 136 Å². The van der Waals surface area contributed by atoms with Gasteiger partial charge < -0.3 is 19.9 Å². The van der Waals surface area contributed by atoms with Crippen LogP contribution in [0.25, 0.3) is 0 Å². The molecule has 1 aromatic carbocycles. The zero-order valence-corrected chi connectivity index (χ0v) is 13.1. The molecule has 0 fully saturated rings. The van der Waals surface area contributed by atoms with Gasteiger partial charge in [-0.2, -0.15) is 13.2 Å². The van der Waals surface area contributed by atoms with E-state index in [-0.39, 0.29) is 17.4 Å². The smallest absolute Gasteiger partial charge is 0.422 e. The summed E-state index contributed by atoms with van der Waals surface area (Å²) in [4.78, 5) is 22.7. The van der Waals surface area contributed by atoms with E-state index < -0.39 is 37.3 Å². The van der Waals surface area contributed by atoms with E-state index in [2.05, 4.69) is 10.1 Å². The molecule has 0 saturated carbocycles. The minimum absolute atomic E-state index is 0.0479. The summed E-state index contributed by atoms with van der Waals surface area (Å²) in [5.74, 6) is -2.45.